The number of benzene rings is 3. The molecule has 3 N–H and O–H groups in total. The van der Waals surface area contributed by atoms with E-state index >= 15 is 0 Å². The van der Waals surface area contributed by atoms with Gasteiger partial charge in [-0.15, -0.1) is 0 Å². The van der Waals surface area contributed by atoms with Gasteiger partial charge in [0.1, 0.15) is 5.75 Å². The maximum absolute atomic E-state index is 12.7. The Morgan fingerprint density at radius 2 is 1.63 bits per heavy atom. The molecule has 0 aliphatic rings. The zero-order valence-corrected chi connectivity index (χ0v) is 16.2. The van der Waals surface area contributed by atoms with Gasteiger partial charge >= 0.3 is 0 Å². The Morgan fingerprint density at radius 1 is 0.926 bits per heavy atom. The lowest BCUT2D eigenvalue weighted by Gasteiger charge is -2.12. The summed E-state index contributed by atoms with van der Waals surface area (Å²) in [7, 11) is -8.52. The van der Waals surface area contributed by atoms with Crippen LogP contribution in [0.2, 0.25) is 5.02 Å². The fraction of sp³-hybridized carbons (Fsp3) is 0.0588. The largest absolute Gasteiger partial charge is 0.508 e. The first-order valence-electron chi connectivity index (χ1n) is 7.51. The zero-order valence-electron chi connectivity index (χ0n) is 13.8. The number of aromatic hydroxyl groups is 1. The number of hydrogen-bond donors (Lipinski definition) is 3. The topological polar surface area (TPSA) is 121 Å². The molecule has 3 aromatic rings. The van der Waals surface area contributed by atoms with E-state index in [2.05, 4.69) is 4.72 Å². The number of anilines is 1. The lowest BCUT2D eigenvalue weighted by molar-refractivity contribution is 0.472. The van der Waals surface area contributed by atoms with Crippen molar-refractivity contribution in [2.75, 3.05) is 4.72 Å². The first-order valence-corrected chi connectivity index (χ1v) is 10.8. The molecule has 0 spiro atoms. The molecule has 10 heteroatoms. The van der Waals surface area contributed by atoms with Crippen molar-refractivity contribution < 1.29 is 26.5 Å². The van der Waals surface area contributed by atoms with E-state index in [0.717, 1.165) is 12.1 Å². The van der Waals surface area contributed by atoms with E-state index < -0.39 is 25.0 Å². The lowest BCUT2D eigenvalue weighted by atomic mass is 10.0. The van der Waals surface area contributed by atoms with E-state index in [0.29, 0.717) is 16.3 Å². The Morgan fingerprint density at radius 3 is 2.30 bits per heavy atom. The van der Waals surface area contributed by atoms with Crippen LogP contribution in [0, 0.1) is 6.92 Å². The van der Waals surface area contributed by atoms with Gasteiger partial charge in [0.15, 0.2) is 0 Å². The second-order valence-corrected chi connectivity index (χ2v) is 9.33. The molecule has 0 saturated heterocycles. The Labute approximate surface area is 161 Å². The molecule has 0 radical (unpaired) electrons. The Hall–Kier alpha value is -2.33. The predicted octanol–water partition coefficient (Wildman–Crippen LogP) is 3.55. The number of fused-ring (bicyclic) bond motifs is 1. The van der Waals surface area contributed by atoms with Crippen molar-refractivity contribution in [2.45, 2.75) is 16.7 Å². The minimum Gasteiger partial charge on any atom is -0.508 e. The van der Waals surface area contributed by atoms with E-state index in [1.807, 2.05) is 0 Å². The Balaban J connectivity index is 2.06. The summed E-state index contributed by atoms with van der Waals surface area (Å²) in [5.41, 5.74) is 0.533. The fourth-order valence-corrected chi connectivity index (χ4v) is 4.45. The third kappa shape index (κ3) is 3.86. The van der Waals surface area contributed by atoms with Crippen molar-refractivity contribution >= 4 is 48.2 Å². The van der Waals surface area contributed by atoms with Crippen molar-refractivity contribution in [3.05, 3.63) is 59.1 Å². The highest BCUT2D eigenvalue weighted by Crippen LogP contribution is 2.34. The van der Waals surface area contributed by atoms with Gasteiger partial charge in [0, 0.05) is 5.39 Å². The van der Waals surface area contributed by atoms with Crippen LogP contribution in [0.3, 0.4) is 0 Å². The molecular weight excluding hydrogens is 414 g/mol. The van der Waals surface area contributed by atoms with Gasteiger partial charge in [0.25, 0.3) is 20.1 Å². The fourth-order valence-electron chi connectivity index (χ4n) is 2.59. The highest BCUT2D eigenvalue weighted by molar-refractivity contribution is 7.92. The molecule has 0 aliphatic carbocycles. The molecule has 142 valence electrons. The molecule has 0 saturated carbocycles. The van der Waals surface area contributed by atoms with Crippen LogP contribution in [-0.4, -0.2) is 26.5 Å². The molecular formula is C17H14ClNO6S2. The van der Waals surface area contributed by atoms with Crippen molar-refractivity contribution in [1.29, 1.82) is 0 Å². The van der Waals surface area contributed by atoms with Crippen LogP contribution in [0.5, 0.6) is 5.75 Å². The first-order chi connectivity index (χ1) is 12.5. The molecule has 0 bridgehead atoms. The summed E-state index contributed by atoms with van der Waals surface area (Å²) in [6, 6.07) is 10.4. The number of sulfonamides is 1. The summed E-state index contributed by atoms with van der Waals surface area (Å²) >= 11 is 6.12. The van der Waals surface area contributed by atoms with Gasteiger partial charge < -0.3 is 5.11 Å². The van der Waals surface area contributed by atoms with E-state index in [1.54, 1.807) is 6.92 Å². The van der Waals surface area contributed by atoms with Gasteiger partial charge in [-0.1, -0.05) is 23.7 Å². The molecule has 0 atom stereocenters. The van der Waals surface area contributed by atoms with Gasteiger partial charge in [-0.3, -0.25) is 9.27 Å². The average molecular weight is 428 g/mol. The SMILES string of the molecule is Cc1c(O)cc(Cl)c2cc(S(=O)(=O)Nc3cccc(S(=O)(=O)O)c3)ccc12. The standard InChI is InChI=1S/C17H14ClNO6S2/c1-10-14-6-5-12(8-15(14)16(18)9-17(10)20)26(21,22)19-11-3-2-4-13(7-11)27(23,24)25/h2-9,19-20H,1H3,(H,23,24,25). The van der Waals surface area contributed by atoms with Crippen LogP contribution < -0.4 is 4.72 Å². The van der Waals surface area contributed by atoms with Gasteiger partial charge in [0.05, 0.1) is 20.5 Å². The number of halogens is 1. The van der Waals surface area contributed by atoms with Crippen LogP contribution in [-0.2, 0) is 20.1 Å². The van der Waals surface area contributed by atoms with E-state index in [9.17, 15) is 21.9 Å². The lowest BCUT2D eigenvalue weighted by Crippen LogP contribution is -2.13. The molecule has 7 nitrogen and oxygen atoms in total. The van der Waals surface area contributed by atoms with Crippen LogP contribution in [0.25, 0.3) is 10.8 Å². The molecule has 3 aromatic carbocycles. The maximum atomic E-state index is 12.7. The summed E-state index contributed by atoms with van der Waals surface area (Å²) in [6.07, 6.45) is 0. The van der Waals surface area contributed by atoms with Gasteiger partial charge in [-0.05, 0) is 54.3 Å². The normalized spacial score (nSPS) is 12.3. The number of nitrogens with one attached hydrogen (secondary N) is 1. The highest BCUT2D eigenvalue weighted by Gasteiger charge is 2.18. The molecule has 0 heterocycles. The molecule has 27 heavy (non-hydrogen) atoms. The average Bonchev–Trinajstić information content (AvgIpc) is 2.58. The smallest absolute Gasteiger partial charge is 0.294 e. The molecule has 0 unspecified atom stereocenters. The summed E-state index contributed by atoms with van der Waals surface area (Å²) in [5.74, 6) is 0.00302. The quantitative estimate of drug-likeness (QED) is 0.547. The predicted molar refractivity (Wildman–Crippen MR) is 102 cm³/mol. The van der Waals surface area contributed by atoms with E-state index in [-0.39, 0.29) is 21.4 Å². The van der Waals surface area contributed by atoms with E-state index in [4.69, 9.17) is 16.2 Å². The van der Waals surface area contributed by atoms with Crippen LogP contribution in [0.4, 0.5) is 5.69 Å². The van der Waals surface area contributed by atoms with Crippen molar-refractivity contribution in [3.8, 4) is 5.75 Å². The monoisotopic (exact) mass is 427 g/mol. The van der Waals surface area contributed by atoms with Gasteiger partial charge in [0.2, 0.25) is 0 Å². The van der Waals surface area contributed by atoms with Crippen molar-refractivity contribution in [2.24, 2.45) is 0 Å². The number of phenols is 1. The highest BCUT2D eigenvalue weighted by atomic mass is 35.5. The minimum atomic E-state index is -4.46. The van der Waals surface area contributed by atoms with E-state index in [1.165, 1.54) is 36.4 Å². The minimum absolute atomic E-state index is 0.00302. The summed E-state index contributed by atoms with van der Waals surface area (Å²) in [5, 5.41) is 11.1. The molecule has 0 aliphatic heterocycles. The van der Waals surface area contributed by atoms with Crippen LogP contribution in [0.1, 0.15) is 5.56 Å². The Kier molecular flexibility index (Phi) is 4.81. The van der Waals surface area contributed by atoms with Crippen LogP contribution in [0.15, 0.2) is 58.3 Å². The second-order valence-electron chi connectivity index (χ2n) is 5.82. The molecule has 0 fully saturated rings. The van der Waals surface area contributed by atoms with Crippen molar-refractivity contribution in [3.63, 3.8) is 0 Å². The third-order valence-corrected chi connectivity index (χ3v) is 6.54. The Bertz CT molecular complexity index is 1270. The van der Waals surface area contributed by atoms with Gasteiger partial charge in [-0.25, -0.2) is 8.42 Å². The number of aryl methyl sites for hydroxylation is 1. The number of phenolic OH excluding ortho intramolecular Hbond substituents is 1. The summed E-state index contributed by atoms with van der Waals surface area (Å²) in [6.45, 7) is 1.68. The molecule has 0 aromatic heterocycles. The second kappa shape index (κ2) is 6.68. The van der Waals surface area contributed by atoms with Crippen LogP contribution >= 0.6 is 11.6 Å². The van der Waals surface area contributed by atoms with Gasteiger partial charge in [-0.2, -0.15) is 8.42 Å². The third-order valence-electron chi connectivity index (χ3n) is 3.99. The summed E-state index contributed by atoms with van der Waals surface area (Å²) in [4.78, 5) is -0.533. The van der Waals surface area contributed by atoms with Crippen molar-refractivity contribution in [1.82, 2.24) is 0 Å². The molecule has 3 rings (SSSR count). The molecule has 0 amide bonds. The number of hydrogen-bond acceptors (Lipinski definition) is 5. The zero-order chi connectivity index (χ0) is 20.0. The summed E-state index contributed by atoms with van der Waals surface area (Å²) < 4.78 is 59.1. The number of rotatable bonds is 4. The maximum Gasteiger partial charge on any atom is 0.294 e. The first kappa shape index (κ1) is 19.4.